The minimum absolute atomic E-state index is 0.0765. The zero-order valence-electron chi connectivity index (χ0n) is 10.6. The number of hydrogen-bond acceptors (Lipinski definition) is 1. The first-order valence-corrected chi connectivity index (χ1v) is 6.04. The van der Waals surface area contributed by atoms with E-state index in [2.05, 4.69) is 41.0 Å². The fraction of sp³-hybridized carbons (Fsp3) is 0.200. The molecule has 3 aromatic rings. The fourth-order valence-corrected chi connectivity index (χ4v) is 2.47. The summed E-state index contributed by atoms with van der Waals surface area (Å²) in [5.74, 6) is 0. The Morgan fingerprint density at radius 1 is 1.28 bits per heavy atom. The van der Waals surface area contributed by atoms with Gasteiger partial charge in [0, 0.05) is 41.1 Å². The number of rotatable bonds is 2. The lowest BCUT2D eigenvalue weighted by Crippen LogP contribution is -1.81. The smallest absolute Gasteiger partial charge is 0.0699 e. The molecule has 0 aliphatic carbocycles. The first-order valence-electron chi connectivity index (χ1n) is 6.04. The van der Waals surface area contributed by atoms with E-state index >= 15 is 0 Å². The van der Waals surface area contributed by atoms with Gasteiger partial charge in [-0.2, -0.15) is 0 Å². The Hall–Kier alpha value is -2.00. The van der Waals surface area contributed by atoms with Gasteiger partial charge in [0.2, 0.25) is 0 Å². The van der Waals surface area contributed by atoms with Crippen molar-refractivity contribution in [3.05, 3.63) is 47.8 Å². The second-order valence-corrected chi connectivity index (χ2v) is 4.66. The van der Waals surface area contributed by atoms with Crippen LogP contribution in [0.3, 0.4) is 0 Å². The van der Waals surface area contributed by atoms with E-state index in [-0.39, 0.29) is 6.61 Å². The molecule has 2 aromatic heterocycles. The molecule has 2 N–H and O–H groups in total. The number of aryl methyl sites for hydroxylation is 2. The molecule has 0 spiro atoms. The number of nitrogens with zero attached hydrogens (tertiary/aromatic N) is 1. The average Bonchev–Trinajstić information content (AvgIpc) is 2.91. The number of nitrogens with one attached hydrogen (secondary N) is 1. The number of H-pyrrole nitrogens is 1. The Kier molecular flexibility index (Phi) is 2.49. The fourth-order valence-electron chi connectivity index (χ4n) is 2.47. The van der Waals surface area contributed by atoms with Crippen LogP contribution in [-0.4, -0.2) is 14.7 Å². The molecular formula is C15H16N2O. The second kappa shape index (κ2) is 4.03. The summed E-state index contributed by atoms with van der Waals surface area (Å²) < 4.78 is 2.12. The highest BCUT2D eigenvalue weighted by Crippen LogP contribution is 2.30. The standard InChI is InChI=1S/C15H16N2O/c1-10-11(9-18)7-14(16-10)13-8-17(2)15-6-4-3-5-12(13)15/h3-8,16,18H,9H2,1-2H3. The second-order valence-electron chi connectivity index (χ2n) is 4.66. The summed E-state index contributed by atoms with van der Waals surface area (Å²) in [5, 5.41) is 10.5. The minimum atomic E-state index is 0.0765. The third-order valence-corrected chi connectivity index (χ3v) is 3.48. The van der Waals surface area contributed by atoms with Gasteiger partial charge in [-0.05, 0) is 24.6 Å². The third-order valence-electron chi connectivity index (χ3n) is 3.48. The Bertz CT molecular complexity index is 706. The van der Waals surface area contributed by atoms with E-state index in [9.17, 15) is 5.11 Å². The van der Waals surface area contributed by atoms with Crippen LogP contribution in [0.5, 0.6) is 0 Å². The molecule has 2 heterocycles. The Morgan fingerprint density at radius 2 is 2.06 bits per heavy atom. The van der Waals surface area contributed by atoms with Crippen molar-refractivity contribution in [2.75, 3.05) is 0 Å². The predicted molar refractivity (Wildman–Crippen MR) is 73.4 cm³/mol. The van der Waals surface area contributed by atoms with Gasteiger partial charge < -0.3 is 14.7 Å². The van der Waals surface area contributed by atoms with Crippen LogP contribution >= 0.6 is 0 Å². The van der Waals surface area contributed by atoms with Gasteiger partial charge in [-0.15, -0.1) is 0 Å². The number of aliphatic hydroxyl groups excluding tert-OH is 1. The van der Waals surface area contributed by atoms with Crippen LogP contribution < -0.4 is 0 Å². The summed E-state index contributed by atoms with van der Waals surface area (Å²) in [4.78, 5) is 3.34. The topological polar surface area (TPSA) is 41.0 Å². The van der Waals surface area contributed by atoms with Crippen molar-refractivity contribution in [1.29, 1.82) is 0 Å². The first-order chi connectivity index (χ1) is 8.70. The number of benzene rings is 1. The maximum atomic E-state index is 9.27. The Labute approximate surface area is 106 Å². The molecule has 0 fully saturated rings. The van der Waals surface area contributed by atoms with Gasteiger partial charge in [-0.1, -0.05) is 18.2 Å². The van der Waals surface area contributed by atoms with Crippen molar-refractivity contribution < 1.29 is 5.11 Å². The highest BCUT2D eigenvalue weighted by molar-refractivity contribution is 5.95. The van der Waals surface area contributed by atoms with Gasteiger partial charge in [0.1, 0.15) is 0 Å². The molecule has 92 valence electrons. The Morgan fingerprint density at radius 3 is 2.78 bits per heavy atom. The third kappa shape index (κ3) is 1.56. The molecule has 3 nitrogen and oxygen atoms in total. The number of aliphatic hydroxyl groups is 1. The van der Waals surface area contributed by atoms with Crippen LogP contribution in [0.1, 0.15) is 11.3 Å². The maximum absolute atomic E-state index is 9.27. The van der Waals surface area contributed by atoms with Gasteiger partial charge in [-0.25, -0.2) is 0 Å². The monoisotopic (exact) mass is 240 g/mol. The van der Waals surface area contributed by atoms with E-state index in [1.807, 2.05) is 19.1 Å². The maximum Gasteiger partial charge on any atom is 0.0699 e. The molecule has 0 aliphatic heterocycles. The van der Waals surface area contributed by atoms with Crippen molar-refractivity contribution in [3.8, 4) is 11.3 Å². The molecule has 0 saturated heterocycles. The van der Waals surface area contributed by atoms with Crippen LogP contribution in [-0.2, 0) is 13.7 Å². The van der Waals surface area contributed by atoms with E-state index in [4.69, 9.17) is 0 Å². The molecule has 0 aliphatic rings. The van der Waals surface area contributed by atoms with Gasteiger partial charge in [0.05, 0.1) is 6.61 Å². The molecule has 0 amide bonds. The lowest BCUT2D eigenvalue weighted by Gasteiger charge is -1.95. The number of hydrogen-bond donors (Lipinski definition) is 2. The van der Waals surface area contributed by atoms with E-state index in [1.165, 1.54) is 16.5 Å². The highest BCUT2D eigenvalue weighted by Gasteiger charge is 2.11. The summed E-state index contributed by atoms with van der Waals surface area (Å²) in [6.45, 7) is 2.06. The molecule has 0 atom stereocenters. The SMILES string of the molecule is Cc1[nH]c(-c2cn(C)c3ccccc23)cc1CO. The van der Waals surface area contributed by atoms with Crippen molar-refractivity contribution in [1.82, 2.24) is 9.55 Å². The number of para-hydroxylation sites is 1. The molecule has 3 heteroatoms. The number of aromatic nitrogens is 2. The largest absolute Gasteiger partial charge is 0.392 e. The summed E-state index contributed by atoms with van der Waals surface area (Å²) in [6.07, 6.45) is 2.12. The van der Waals surface area contributed by atoms with Crippen LogP contribution in [0, 0.1) is 6.92 Å². The van der Waals surface area contributed by atoms with Crippen LogP contribution in [0.25, 0.3) is 22.2 Å². The van der Waals surface area contributed by atoms with E-state index < -0.39 is 0 Å². The molecule has 0 bridgehead atoms. The van der Waals surface area contributed by atoms with E-state index in [0.29, 0.717) is 0 Å². The lowest BCUT2D eigenvalue weighted by molar-refractivity contribution is 0.281. The quantitative estimate of drug-likeness (QED) is 0.710. The normalized spacial score (nSPS) is 11.3. The first kappa shape index (κ1) is 11.1. The van der Waals surface area contributed by atoms with Crippen LogP contribution in [0.2, 0.25) is 0 Å². The number of aromatic amines is 1. The Balaban J connectivity index is 2.25. The molecule has 0 saturated carbocycles. The van der Waals surface area contributed by atoms with Gasteiger partial charge in [0.25, 0.3) is 0 Å². The van der Waals surface area contributed by atoms with Gasteiger partial charge in [-0.3, -0.25) is 0 Å². The number of fused-ring (bicyclic) bond motifs is 1. The minimum Gasteiger partial charge on any atom is -0.392 e. The summed E-state index contributed by atoms with van der Waals surface area (Å²) in [7, 11) is 2.05. The predicted octanol–water partition coefficient (Wildman–Crippen LogP) is 2.97. The van der Waals surface area contributed by atoms with E-state index in [0.717, 1.165) is 17.0 Å². The summed E-state index contributed by atoms with van der Waals surface area (Å²) in [6, 6.07) is 10.4. The van der Waals surface area contributed by atoms with Crippen molar-refractivity contribution in [3.63, 3.8) is 0 Å². The molecule has 3 rings (SSSR count). The van der Waals surface area contributed by atoms with Crippen molar-refractivity contribution in [2.24, 2.45) is 7.05 Å². The van der Waals surface area contributed by atoms with Crippen LogP contribution in [0.4, 0.5) is 0 Å². The van der Waals surface area contributed by atoms with Crippen molar-refractivity contribution in [2.45, 2.75) is 13.5 Å². The van der Waals surface area contributed by atoms with Crippen molar-refractivity contribution >= 4 is 10.9 Å². The van der Waals surface area contributed by atoms with E-state index in [1.54, 1.807) is 0 Å². The molecular weight excluding hydrogens is 224 g/mol. The zero-order chi connectivity index (χ0) is 12.7. The summed E-state index contributed by atoms with van der Waals surface area (Å²) in [5.41, 5.74) is 5.44. The lowest BCUT2D eigenvalue weighted by atomic mass is 10.1. The summed E-state index contributed by atoms with van der Waals surface area (Å²) >= 11 is 0. The molecule has 0 radical (unpaired) electrons. The zero-order valence-corrected chi connectivity index (χ0v) is 10.6. The van der Waals surface area contributed by atoms with Crippen LogP contribution in [0.15, 0.2) is 36.5 Å². The van der Waals surface area contributed by atoms with Gasteiger partial charge >= 0.3 is 0 Å². The molecule has 1 aromatic carbocycles. The highest BCUT2D eigenvalue weighted by atomic mass is 16.3. The molecule has 0 unspecified atom stereocenters. The molecule has 18 heavy (non-hydrogen) atoms. The average molecular weight is 240 g/mol. The van der Waals surface area contributed by atoms with Gasteiger partial charge in [0.15, 0.2) is 0 Å².